The van der Waals surface area contributed by atoms with Crippen LogP contribution in [0.5, 0.6) is 11.5 Å². The van der Waals surface area contributed by atoms with Gasteiger partial charge in [0.05, 0.1) is 19.9 Å². The van der Waals surface area contributed by atoms with Crippen LogP contribution in [0.4, 0.5) is 0 Å². The van der Waals surface area contributed by atoms with Crippen molar-refractivity contribution in [3.05, 3.63) is 48.3 Å². The molecule has 2 heterocycles. The van der Waals surface area contributed by atoms with Gasteiger partial charge < -0.3 is 14.5 Å². The second-order valence-corrected chi connectivity index (χ2v) is 4.84. The second kappa shape index (κ2) is 5.89. The number of nitrogens with one attached hydrogen (secondary N) is 1. The number of benzene rings is 1. The van der Waals surface area contributed by atoms with E-state index < -0.39 is 0 Å². The number of hydrogen-bond donors (Lipinski definition) is 1. The lowest BCUT2D eigenvalue weighted by molar-refractivity contribution is 0.355. The standard InChI is InChI=1S/C17H17N3O2/c1-11-16(13-6-4-5-9-18-13)20-17(19-11)12-7-8-14(21-2)15(10-12)22-3/h4-10H,1-3H3,(H,19,20). The van der Waals surface area contributed by atoms with Crippen LogP contribution in [0.2, 0.25) is 0 Å². The van der Waals surface area contributed by atoms with Gasteiger partial charge in [0.25, 0.3) is 0 Å². The molecule has 0 spiro atoms. The molecule has 0 aliphatic carbocycles. The number of pyridine rings is 1. The highest BCUT2D eigenvalue weighted by Gasteiger charge is 2.13. The van der Waals surface area contributed by atoms with Crippen LogP contribution >= 0.6 is 0 Å². The highest BCUT2D eigenvalue weighted by molar-refractivity contribution is 5.67. The Morgan fingerprint density at radius 3 is 2.50 bits per heavy atom. The fraction of sp³-hybridized carbons (Fsp3) is 0.176. The Hall–Kier alpha value is -2.82. The second-order valence-electron chi connectivity index (χ2n) is 4.84. The number of nitrogens with zero attached hydrogens (tertiary/aromatic N) is 2. The maximum Gasteiger partial charge on any atom is 0.161 e. The lowest BCUT2D eigenvalue weighted by Gasteiger charge is -2.08. The molecular formula is C17H17N3O2. The molecular weight excluding hydrogens is 278 g/mol. The molecule has 0 saturated carbocycles. The van der Waals surface area contributed by atoms with Gasteiger partial charge in [-0.2, -0.15) is 0 Å². The molecule has 0 aliphatic heterocycles. The van der Waals surface area contributed by atoms with E-state index in [1.54, 1.807) is 20.4 Å². The van der Waals surface area contributed by atoms with E-state index in [2.05, 4.69) is 15.0 Å². The first kappa shape index (κ1) is 14.1. The fourth-order valence-electron chi connectivity index (χ4n) is 2.33. The van der Waals surface area contributed by atoms with Crippen molar-refractivity contribution in [2.75, 3.05) is 14.2 Å². The smallest absolute Gasteiger partial charge is 0.161 e. The van der Waals surface area contributed by atoms with Gasteiger partial charge in [-0.15, -0.1) is 0 Å². The van der Waals surface area contributed by atoms with Crippen molar-refractivity contribution in [3.63, 3.8) is 0 Å². The summed E-state index contributed by atoms with van der Waals surface area (Å²) in [7, 11) is 3.24. The number of aromatic nitrogens is 3. The molecule has 0 bridgehead atoms. The van der Waals surface area contributed by atoms with Gasteiger partial charge in [-0.05, 0) is 37.3 Å². The first-order valence-corrected chi connectivity index (χ1v) is 6.93. The summed E-state index contributed by atoms with van der Waals surface area (Å²) < 4.78 is 10.6. The van der Waals surface area contributed by atoms with Crippen molar-refractivity contribution >= 4 is 0 Å². The molecule has 0 unspecified atom stereocenters. The van der Waals surface area contributed by atoms with Crippen molar-refractivity contribution < 1.29 is 9.47 Å². The summed E-state index contributed by atoms with van der Waals surface area (Å²) >= 11 is 0. The number of aryl methyl sites for hydroxylation is 1. The average Bonchev–Trinajstić information content (AvgIpc) is 2.97. The highest BCUT2D eigenvalue weighted by Crippen LogP contribution is 2.32. The SMILES string of the molecule is COc1ccc(-c2nc(-c3ccccn3)c(C)[nH]2)cc1OC. The van der Waals surface area contributed by atoms with E-state index in [1.165, 1.54) is 0 Å². The van der Waals surface area contributed by atoms with Gasteiger partial charge in [-0.3, -0.25) is 4.98 Å². The number of aromatic amines is 1. The minimum Gasteiger partial charge on any atom is -0.493 e. The summed E-state index contributed by atoms with van der Waals surface area (Å²) in [5.41, 5.74) is 3.61. The minimum atomic E-state index is 0.674. The molecule has 0 fully saturated rings. The van der Waals surface area contributed by atoms with Crippen LogP contribution < -0.4 is 9.47 Å². The Balaban J connectivity index is 2.03. The summed E-state index contributed by atoms with van der Waals surface area (Å²) in [6.45, 7) is 1.99. The number of rotatable bonds is 4. The van der Waals surface area contributed by atoms with Crippen LogP contribution in [0.1, 0.15) is 5.69 Å². The lowest BCUT2D eigenvalue weighted by Crippen LogP contribution is -1.91. The number of imidazole rings is 1. The molecule has 1 aromatic carbocycles. The molecule has 112 valence electrons. The monoisotopic (exact) mass is 295 g/mol. The molecule has 0 aliphatic rings. The van der Waals surface area contributed by atoms with E-state index in [0.29, 0.717) is 11.5 Å². The summed E-state index contributed by atoms with van der Waals surface area (Å²) in [6.07, 6.45) is 1.76. The predicted molar refractivity (Wildman–Crippen MR) is 85.1 cm³/mol. The van der Waals surface area contributed by atoms with E-state index in [4.69, 9.17) is 9.47 Å². The first-order chi connectivity index (χ1) is 10.7. The van der Waals surface area contributed by atoms with Crippen LogP contribution in [0.3, 0.4) is 0 Å². The summed E-state index contributed by atoms with van der Waals surface area (Å²) in [4.78, 5) is 12.3. The molecule has 1 N–H and O–H groups in total. The Kier molecular flexibility index (Phi) is 3.78. The van der Waals surface area contributed by atoms with Gasteiger partial charge >= 0.3 is 0 Å². The van der Waals surface area contributed by atoms with Crippen molar-refractivity contribution in [3.8, 4) is 34.3 Å². The van der Waals surface area contributed by atoms with Gasteiger partial charge in [0.1, 0.15) is 11.5 Å². The van der Waals surface area contributed by atoms with E-state index in [-0.39, 0.29) is 0 Å². The number of ether oxygens (including phenoxy) is 2. The number of hydrogen-bond acceptors (Lipinski definition) is 4. The average molecular weight is 295 g/mol. The predicted octanol–water partition coefficient (Wildman–Crippen LogP) is 3.46. The number of H-pyrrole nitrogens is 1. The molecule has 3 aromatic rings. The third-order valence-electron chi connectivity index (χ3n) is 3.45. The third kappa shape index (κ3) is 2.53. The van der Waals surface area contributed by atoms with Crippen molar-refractivity contribution in [1.82, 2.24) is 15.0 Å². The molecule has 5 heteroatoms. The van der Waals surface area contributed by atoms with E-state index in [1.807, 2.05) is 43.3 Å². The zero-order valence-corrected chi connectivity index (χ0v) is 12.8. The van der Waals surface area contributed by atoms with Gasteiger partial charge in [0, 0.05) is 17.5 Å². The third-order valence-corrected chi connectivity index (χ3v) is 3.45. The van der Waals surface area contributed by atoms with Gasteiger partial charge in [0.2, 0.25) is 0 Å². The first-order valence-electron chi connectivity index (χ1n) is 6.93. The summed E-state index contributed by atoms with van der Waals surface area (Å²) in [5, 5.41) is 0. The van der Waals surface area contributed by atoms with Crippen LogP contribution in [0, 0.1) is 6.92 Å². The van der Waals surface area contributed by atoms with Crippen molar-refractivity contribution in [2.24, 2.45) is 0 Å². The van der Waals surface area contributed by atoms with Gasteiger partial charge in [-0.1, -0.05) is 6.07 Å². The molecule has 5 nitrogen and oxygen atoms in total. The highest BCUT2D eigenvalue weighted by atomic mass is 16.5. The summed E-state index contributed by atoms with van der Waals surface area (Å²) in [6, 6.07) is 11.5. The maximum absolute atomic E-state index is 5.34. The zero-order chi connectivity index (χ0) is 15.5. The Bertz CT molecular complexity index is 782. The van der Waals surface area contributed by atoms with Crippen LogP contribution in [0.15, 0.2) is 42.6 Å². The lowest BCUT2D eigenvalue weighted by atomic mass is 10.2. The molecule has 2 aromatic heterocycles. The van der Waals surface area contributed by atoms with Crippen LogP contribution in [-0.2, 0) is 0 Å². The zero-order valence-electron chi connectivity index (χ0n) is 12.8. The quantitative estimate of drug-likeness (QED) is 0.800. The van der Waals surface area contributed by atoms with Gasteiger partial charge in [0.15, 0.2) is 11.5 Å². The molecule has 22 heavy (non-hydrogen) atoms. The molecule has 3 rings (SSSR count). The Morgan fingerprint density at radius 1 is 1.00 bits per heavy atom. The molecule has 0 radical (unpaired) electrons. The maximum atomic E-state index is 5.34. The van der Waals surface area contributed by atoms with Crippen molar-refractivity contribution in [1.29, 1.82) is 0 Å². The Labute approximate surface area is 129 Å². The Morgan fingerprint density at radius 2 is 1.82 bits per heavy atom. The van der Waals surface area contributed by atoms with E-state index >= 15 is 0 Å². The van der Waals surface area contributed by atoms with Crippen molar-refractivity contribution in [2.45, 2.75) is 6.92 Å². The summed E-state index contributed by atoms with van der Waals surface area (Å²) in [5.74, 6) is 2.15. The molecule has 0 saturated heterocycles. The number of methoxy groups -OCH3 is 2. The van der Waals surface area contributed by atoms with Gasteiger partial charge in [-0.25, -0.2) is 4.98 Å². The minimum absolute atomic E-state index is 0.674. The fourth-order valence-corrected chi connectivity index (χ4v) is 2.33. The van der Waals surface area contributed by atoms with Crippen LogP contribution in [-0.4, -0.2) is 29.2 Å². The molecule has 0 atom stereocenters. The molecule has 0 amide bonds. The normalized spacial score (nSPS) is 10.5. The van der Waals surface area contributed by atoms with E-state index in [0.717, 1.165) is 28.5 Å². The topological polar surface area (TPSA) is 60.0 Å². The largest absolute Gasteiger partial charge is 0.493 e. The van der Waals surface area contributed by atoms with Crippen LogP contribution in [0.25, 0.3) is 22.8 Å². The van der Waals surface area contributed by atoms with E-state index in [9.17, 15) is 0 Å².